The third-order valence-electron chi connectivity index (χ3n) is 2.41. The maximum atomic E-state index is 11.5. The van der Waals surface area contributed by atoms with Gasteiger partial charge in [0.15, 0.2) is 11.5 Å². The highest BCUT2D eigenvalue weighted by Gasteiger charge is 2.20. The lowest BCUT2D eigenvalue weighted by Gasteiger charge is -2.14. The van der Waals surface area contributed by atoms with Crippen LogP contribution in [0.3, 0.4) is 0 Å². The Morgan fingerprint density at radius 2 is 2.24 bits per heavy atom. The van der Waals surface area contributed by atoms with Crippen molar-refractivity contribution < 1.29 is 19.4 Å². The maximum absolute atomic E-state index is 11.5. The number of carbonyl (C=O) groups excluding carboxylic acids is 1. The van der Waals surface area contributed by atoms with Crippen molar-refractivity contribution in [1.82, 2.24) is 0 Å². The molecule has 17 heavy (non-hydrogen) atoms. The summed E-state index contributed by atoms with van der Waals surface area (Å²) in [6.45, 7) is 2.39. The fraction of sp³-hybridized carbons (Fsp3) is 0.417. The van der Waals surface area contributed by atoms with Gasteiger partial charge in [-0.3, -0.25) is 4.79 Å². The summed E-state index contributed by atoms with van der Waals surface area (Å²) in [6.07, 6.45) is 0. The zero-order valence-corrected chi connectivity index (χ0v) is 9.97. The quantitative estimate of drug-likeness (QED) is 0.749. The van der Waals surface area contributed by atoms with Gasteiger partial charge in [0, 0.05) is 6.54 Å². The summed E-state index contributed by atoms with van der Waals surface area (Å²) < 4.78 is 9.91. The number of methoxy groups -OCH3 is 1. The van der Waals surface area contributed by atoms with Crippen molar-refractivity contribution in [3.05, 3.63) is 23.8 Å². The van der Waals surface area contributed by atoms with Gasteiger partial charge in [0.1, 0.15) is 0 Å². The van der Waals surface area contributed by atoms with Gasteiger partial charge in [0.2, 0.25) is 0 Å². The van der Waals surface area contributed by atoms with Gasteiger partial charge in [0.05, 0.1) is 19.6 Å². The van der Waals surface area contributed by atoms with E-state index in [1.165, 1.54) is 13.2 Å². The second-order valence-electron chi connectivity index (χ2n) is 3.47. The first-order valence-corrected chi connectivity index (χ1v) is 5.37. The average Bonchev–Trinajstić information content (AvgIpc) is 2.34. The standard InChI is InChI=1S/C12H17NO4/c1-3-17-11-6-8(4-5-10(11)14)9(7-13)12(15)16-2/h4-6,9,14H,3,7,13H2,1-2H3. The number of nitrogens with two attached hydrogens (primary N) is 1. The summed E-state index contributed by atoms with van der Waals surface area (Å²) in [5.74, 6) is -0.566. The number of aromatic hydroxyl groups is 1. The number of phenols is 1. The van der Waals surface area contributed by atoms with Crippen LogP contribution in [0.15, 0.2) is 18.2 Å². The van der Waals surface area contributed by atoms with Gasteiger partial charge in [-0.15, -0.1) is 0 Å². The molecule has 1 rings (SSSR count). The molecule has 0 saturated heterocycles. The lowest BCUT2D eigenvalue weighted by Crippen LogP contribution is -2.22. The summed E-state index contributed by atoms with van der Waals surface area (Å²) in [5, 5.41) is 9.54. The Morgan fingerprint density at radius 1 is 1.53 bits per heavy atom. The zero-order valence-electron chi connectivity index (χ0n) is 9.97. The highest BCUT2D eigenvalue weighted by Crippen LogP contribution is 2.30. The summed E-state index contributed by atoms with van der Waals surface area (Å²) in [5.41, 5.74) is 6.21. The third kappa shape index (κ3) is 3.10. The number of ether oxygens (including phenoxy) is 2. The van der Waals surface area contributed by atoms with Crippen molar-refractivity contribution in [2.75, 3.05) is 20.3 Å². The molecule has 0 aliphatic rings. The SMILES string of the molecule is CCOc1cc(C(CN)C(=O)OC)ccc1O. The molecule has 1 aromatic rings. The smallest absolute Gasteiger partial charge is 0.314 e. The number of benzene rings is 1. The second kappa shape index (κ2) is 6.10. The lowest BCUT2D eigenvalue weighted by molar-refractivity contribution is -0.142. The topological polar surface area (TPSA) is 81.8 Å². The third-order valence-corrected chi connectivity index (χ3v) is 2.41. The van der Waals surface area contributed by atoms with E-state index >= 15 is 0 Å². The highest BCUT2D eigenvalue weighted by molar-refractivity contribution is 5.78. The predicted octanol–water partition coefficient (Wildman–Crippen LogP) is 1.01. The van der Waals surface area contributed by atoms with Crippen molar-refractivity contribution in [1.29, 1.82) is 0 Å². The first kappa shape index (κ1) is 13.3. The van der Waals surface area contributed by atoms with Gasteiger partial charge >= 0.3 is 5.97 Å². The average molecular weight is 239 g/mol. The molecular weight excluding hydrogens is 222 g/mol. The van der Waals surface area contributed by atoms with Crippen LogP contribution in [0.5, 0.6) is 11.5 Å². The monoisotopic (exact) mass is 239 g/mol. The Kier molecular flexibility index (Phi) is 4.78. The lowest BCUT2D eigenvalue weighted by atomic mass is 9.99. The number of esters is 1. The largest absolute Gasteiger partial charge is 0.504 e. The van der Waals surface area contributed by atoms with Crippen LogP contribution in [-0.4, -0.2) is 31.3 Å². The summed E-state index contributed by atoms with van der Waals surface area (Å²) in [6, 6.07) is 4.71. The Labute approximate surface area is 100 Å². The van der Waals surface area contributed by atoms with Crippen molar-refractivity contribution >= 4 is 5.97 Å². The van der Waals surface area contributed by atoms with Gasteiger partial charge in [-0.1, -0.05) is 6.07 Å². The fourth-order valence-electron chi connectivity index (χ4n) is 1.53. The molecule has 0 aliphatic heterocycles. The molecule has 0 heterocycles. The Morgan fingerprint density at radius 3 is 2.76 bits per heavy atom. The van der Waals surface area contributed by atoms with Crippen LogP contribution in [-0.2, 0) is 9.53 Å². The number of hydrogen-bond donors (Lipinski definition) is 2. The van der Waals surface area contributed by atoms with Crippen molar-refractivity contribution in [3.8, 4) is 11.5 Å². The van der Waals surface area contributed by atoms with Gasteiger partial charge in [0.25, 0.3) is 0 Å². The zero-order chi connectivity index (χ0) is 12.8. The van der Waals surface area contributed by atoms with Crippen molar-refractivity contribution in [3.63, 3.8) is 0 Å². The molecule has 0 radical (unpaired) electrons. The van der Waals surface area contributed by atoms with Crippen molar-refractivity contribution in [2.45, 2.75) is 12.8 Å². The van der Waals surface area contributed by atoms with E-state index in [9.17, 15) is 9.90 Å². The summed E-state index contributed by atoms with van der Waals surface area (Å²) in [7, 11) is 1.31. The Bertz CT molecular complexity index is 392. The Balaban J connectivity index is 3.04. The molecule has 1 aromatic carbocycles. The normalized spacial score (nSPS) is 11.9. The van der Waals surface area contributed by atoms with E-state index in [4.69, 9.17) is 10.5 Å². The molecule has 1 unspecified atom stereocenters. The Hall–Kier alpha value is -1.75. The molecule has 0 amide bonds. The van der Waals surface area contributed by atoms with Gasteiger partial charge < -0.3 is 20.3 Å². The number of carbonyl (C=O) groups is 1. The fourth-order valence-corrected chi connectivity index (χ4v) is 1.53. The van der Waals surface area contributed by atoms with Gasteiger partial charge in [-0.25, -0.2) is 0 Å². The molecule has 3 N–H and O–H groups in total. The van der Waals surface area contributed by atoms with Crippen LogP contribution < -0.4 is 10.5 Å². The van der Waals surface area contributed by atoms with E-state index in [0.29, 0.717) is 17.9 Å². The van der Waals surface area contributed by atoms with Crippen LogP contribution in [0.4, 0.5) is 0 Å². The van der Waals surface area contributed by atoms with Crippen LogP contribution >= 0.6 is 0 Å². The molecule has 5 nitrogen and oxygen atoms in total. The first-order valence-electron chi connectivity index (χ1n) is 5.37. The predicted molar refractivity (Wildman–Crippen MR) is 63.1 cm³/mol. The van der Waals surface area contributed by atoms with Crippen LogP contribution in [0.1, 0.15) is 18.4 Å². The van der Waals surface area contributed by atoms with E-state index in [0.717, 1.165) is 0 Å². The molecule has 0 spiro atoms. The summed E-state index contributed by atoms with van der Waals surface area (Å²) >= 11 is 0. The molecular formula is C12H17NO4. The van der Waals surface area contributed by atoms with E-state index in [1.54, 1.807) is 12.1 Å². The van der Waals surface area contributed by atoms with E-state index < -0.39 is 11.9 Å². The second-order valence-corrected chi connectivity index (χ2v) is 3.47. The van der Waals surface area contributed by atoms with E-state index in [1.807, 2.05) is 6.92 Å². The number of hydrogen-bond acceptors (Lipinski definition) is 5. The van der Waals surface area contributed by atoms with Crippen molar-refractivity contribution in [2.24, 2.45) is 5.73 Å². The number of rotatable bonds is 5. The molecule has 0 saturated carbocycles. The molecule has 0 aliphatic carbocycles. The van der Waals surface area contributed by atoms with Gasteiger partial charge in [-0.2, -0.15) is 0 Å². The first-order chi connectivity index (χ1) is 8.13. The van der Waals surface area contributed by atoms with Crippen LogP contribution in [0.2, 0.25) is 0 Å². The minimum Gasteiger partial charge on any atom is -0.504 e. The molecule has 0 aromatic heterocycles. The van der Waals surface area contributed by atoms with Crippen LogP contribution in [0.25, 0.3) is 0 Å². The molecule has 5 heteroatoms. The molecule has 0 fully saturated rings. The van der Waals surface area contributed by atoms with E-state index in [2.05, 4.69) is 4.74 Å². The van der Waals surface area contributed by atoms with Gasteiger partial charge in [-0.05, 0) is 24.6 Å². The van der Waals surface area contributed by atoms with E-state index in [-0.39, 0.29) is 12.3 Å². The molecule has 94 valence electrons. The number of phenolic OH excluding ortho intramolecular Hbond substituents is 1. The minimum atomic E-state index is -0.542. The summed E-state index contributed by atoms with van der Waals surface area (Å²) in [4.78, 5) is 11.5. The minimum absolute atomic E-state index is 0.0382. The molecule has 1 atom stereocenters. The molecule has 0 bridgehead atoms. The van der Waals surface area contributed by atoms with Crippen LogP contribution in [0, 0.1) is 0 Å². The highest BCUT2D eigenvalue weighted by atomic mass is 16.5. The maximum Gasteiger partial charge on any atom is 0.314 e.